The first-order valence-corrected chi connectivity index (χ1v) is 9.78. The molecule has 2 aliphatic carbocycles. The van der Waals surface area contributed by atoms with Gasteiger partial charge in [-0.1, -0.05) is 0 Å². The molecule has 27 heavy (non-hydrogen) atoms. The molecule has 2 atom stereocenters. The van der Waals surface area contributed by atoms with Gasteiger partial charge in [-0.15, -0.1) is 0 Å². The molecule has 2 bridgehead atoms. The fourth-order valence-electron chi connectivity index (χ4n) is 4.03. The average Bonchev–Trinajstić information content (AvgIpc) is 3.53. The lowest BCUT2D eigenvalue weighted by atomic mass is 10.1. The van der Waals surface area contributed by atoms with Crippen molar-refractivity contribution in [3.63, 3.8) is 0 Å². The van der Waals surface area contributed by atoms with E-state index >= 15 is 0 Å². The van der Waals surface area contributed by atoms with Gasteiger partial charge in [0.15, 0.2) is 0 Å². The Bertz CT molecular complexity index is 706. The lowest BCUT2D eigenvalue weighted by molar-refractivity contribution is -0.137. The lowest BCUT2D eigenvalue weighted by Crippen LogP contribution is -2.55. The van der Waals surface area contributed by atoms with Gasteiger partial charge in [0.2, 0.25) is 11.8 Å². The number of halogens is 2. The Kier molecular flexibility index (Phi) is 4.78. The molecule has 2 N–H and O–H groups in total. The molecule has 7 heteroatoms. The van der Waals surface area contributed by atoms with Crippen molar-refractivity contribution in [2.24, 2.45) is 5.92 Å². The highest BCUT2D eigenvalue weighted by Crippen LogP contribution is 2.40. The first-order chi connectivity index (χ1) is 13.0. The maximum Gasteiger partial charge on any atom is 0.248 e. The van der Waals surface area contributed by atoms with Gasteiger partial charge in [-0.05, 0) is 43.9 Å². The summed E-state index contributed by atoms with van der Waals surface area (Å²) in [7, 11) is 0. The minimum absolute atomic E-state index is 0.118. The van der Waals surface area contributed by atoms with Crippen molar-refractivity contribution in [2.45, 2.75) is 56.5 Å². The predicted octanol–water partition coefficient (Wildman–Crippen LogP) is 3.51. The summed E-state index contributed by atoms with van der Waals surface area (Å²) in [5.41, 5.74) is 2.11. The number of alkyl halides is 2. The standard InChI is InChI=1S/C17H22N4O.C3H4F2/c18-8-7-16(15-2-1-9-19-15)20-10-13-5-6-14(11-20)21(13)17(22)12-3-4-12;4-3(5)1-2-3/h1-2,7-9,12-14,18-19H,3-6,10-11H2;1-2H2/b16-7+,18-8?;. The van der Waals surface area contributed by atoms with Gasteiger partial charge >= 0.3 is 0 Å². The van der Waals surface area contributed by atoms with Crippen LogP contribution in [0.25, 0.3) is 5.70 Å². The zero-order valence-corrected chi connectivity index (χ0v) is 15.3. The maximum atomic E-state index is 12.5. The number of rotatable bonds is 4. The molecule has 2 unspecified atom stereocenters. The Labute approximate surface area is 157 Å². The smallest absolute Gasteiger partial charge is 0.248 e. The molecule has 0 radical (unpaired) electrons. The molecule has 0 spiro atoms. The SMILES string of the molecule is FC1(F)CC1.N=C/C=C(\c1ccc[nH]1)N1CC2CCC(C1)N2C(=O)C1CC1. The number of fused-ring (bicyclic) bond motifs is 2. The minimum Gasteiger partial charge on any atom is -0.366 e. The minimum atomic E-state index is -2.25. The summed E-state index contributed by atoms with van der Waals surface area (Å²) >= 11 is 0. The number of hydrogen-bond donors (Lipinski definition) is 2. The van der Waals surface area contributed by atoms with Crippen molar-refractivity contribution < 1.29 is 13.6 Å². The van der Waals surface area contributed by atoms with Crippen molar-refractivity contribution in [1.82, 2.24) is 14.8 Å². The average molecular weight is 376 g/mol. The molecule has 0 aromatic carbocycles. The number of piperazine rings is 1. The van der Waals surface area contributed by atoms with E-state index in [0.29, 0.717) is 23.9 Å². The van der Waals surface area contributed by atoms with Gasteiger partial charge < -0.3 is 20.2 Å². The van der Waals surface area contributed by atoms with Gasteiger partial charge in [-0.2, -0.15) is 0 Å². The number of H-pyrrole nitrogens is 1. The maximum absolute atomic E-state index is 12.5. The van der Waals surface area contributed by atoms with Gasteiger partial charge in [-0.25, -0.2) is 8.78 Å². The molecular weight excluding hydrogens is 350 g/mol. The van der Waals surface area contributed by atoms with Crippen LogP contribution in [0.15, 0.2) is 24.4 Å². The van der Waals surface area contributed by atoms with Crippen LogP contribution in [0.5, 0.6) is 0 Å². The molecule has 4 fully saturated rings. The van der Waals surface area contributed by atoms with Crippen molar-refractivity contribution >= 4 is 17.8 Å². The summed E-state index contributed by atoms with van der Waals surface area (Å²) in [6.45, 7) is 1.77. The molecule has 1 amide bonds. The van der Waals surface area contributed by atoms with Gasteiger partial charge in [0.25, 0.3) is 0 Å². The molecule has 146 valence electrons. The summed E-state index contributed by atoms with van der Waals surface area (Å²) in [5, 5.41) is 7.44. The van der Waals surface area contributed by atoms with Crippen LogP contribution in [0.3, 0.4) is 0 Å². The van der Waals surface area contributed by atoms with E-state index in [4.69, 9.17) is 5.41 Å². The monoisotopic (exact) mass is 376 g/mol. The van der Waals surface area contributed by atoms with E-state index in [1.54, 1.807) is 0 Å². The van der Waals surface area contributed by atoms with Gasteiger partial charge in [0.1, 0.15) is 0 Å². The number of nitrogens with one attached hydrogen (secondary N) is 2. The second-order valence-electron chi connectivity index (χ2n) is 7.97. The molecular formula is C20H26F2N4O. The van der Waals surface area contributed by atoms with Crippen molar-refractivity contribution in [1.29, 1.82) is 5.41 Å². The number of nitrogens with zero attached hydrogens (tertiary/aromatic N) is 2. The van der Waals surface area contributed by atoms with Crippen LogP contribution in [0.1, 0.15) is 44.2 Å². The summed E-state index contributed by atoms with van der Waals surface area (Å²) in [6, 6.07) is 4.71. The summed E-state index contributed by atoms with van der Waals surface area (Å²) in [5.74, 6) is -1.54. The number of allylic oxidation sites excluding steroid dienone is 1. The molecule has 2 saturated heterocycles. The first-order valence-electron chi connectivity index (χ1n) is 9.78. The van der Waals surface area contributed by atoms with E-state index in [2.05, 4.69) is 14.8 Å². The molecule has 4 aliphatic rings. The fourth-order valence-corrected chi connectivity index (χ4v) is 4.03. The zero-order valence-electron chi connectivity index (χ0n) is 15.3. The third-order valence-corrected chi connectivity index (χ3v) is 5.75. The quantitative estimate of drug-likeness (QED) is 0.790. The summed E-state index contributed by atoms with van der Waals surface area (Å²) < 4.78 is 22.3. The fraction of sp³-hybridized carbons (Fsp3) is 0.600. The summed E-state index contributed by atoms with van der Waals surface area (Å²) in [6.07, 6.45) is 9.74. The lowest BCUT2D eigenvalue weighted by Gasteiger charge is -2.43. The Morgan fingerprint density at radius 3 is 2.26 bits per heavy atom. The number of amides is 1. The van der Waals surface area contributed by atoms with Gasteiger partial charge in [-0.3, -0.25) is 4.79 Å². The Morgan fingerprint density at radius 1 is 1.19 bits per heavy atom. The summed E-state index contributed by atoms with van der Waals surface area (Å²) in [4.78, 5) is 20.3. The number of likely N-dealkylation sites (tertiary alicyclic amines) is 1. The number of carbonyl (C=O) groups is 1. The van der Waals surface area contributed by atoms with Crippen molar-refractivity contribution in [2.75, 3.05) is 13.1 Å². The molecule has 3 heterocycles. The third-order valence-electron chi connectivity index (χ3n) is 5.75. The van der Waals surface area contributed by atoms with E-state index in [1.807, 2.05) is 24.4 Å². The van der Waals surface area contributed by atoms with Crippen LogP contribution in [-0.2, 0) is 4.79 Å². The topological polar surface area (TPSA) is 63.2 Å². The second-order valence-corrected chi connectivity index (χ2v) is 7.97. The predicted molar refractivity (Wildman–Crippen MR) is 99.7 cm³/mol. The van der Waals surface area contributed by atoms with Crippen LogP contribution in [0, 0.1) is 11.3 Å². The first kappa shape index (κ1) is 18.2. The number of hydrogen-bond acceptors (Lipinski definition) is 3. The van der Waals surface area contributed by atoms with Crippen LogP contribution >= 0.6 is 0 Å². The van der Waals surface area contributed by atoms with E-state index in [0.717, 1.165) is 50.2 Å². The van der Waals surface area contributed by atoms with Gasteiger partial charge in [0.05, 0.1) is 11.4 Å². The van der Waals surface area contributed by atoms with E-state index < -0.39 is 5.92 Å². The van der Waals surface area contributed by atoms with E-state index in [-0.39, 0.29) is 12.8 Å². The van der Waals surface area contributed by atoms with Crippen LogP contribution < -0.4 is 0 Å². The normalized spacial score (nSPS) is 28.4. The van der Waals surface area contributed by atoms with Crippen LogP contribution in [0.4, 0.5) is 8.78 Å². The molecule has 5 rings (SSSR count). The van der Waals surface area contributed by atoms with Gasteiger partial charge in [0, 0.05) is 56.3 Å². The number of aromatic nitrogens is 1. The van der Waals surface area contributed by atoms with Crippen molar-refractivity contribution in [3.8, 4) is 0 Å². The van der Waals surface area contributed by atoms with E-state index in [9.17, 15) is 13.6 Å². The van der Waals surface area contributed by atoms with Crippen LogP contribution in [-0.4, -0.2) is 58.0 Å². The molecule has 1 aromatic heterocycles. The Hall–Kier alpha value is -2.18. The number of carbonyl (C=O) groups excluding carboxylic acids is 1. The van der Waals surface area contributed by atoms with Crippen molar-refractivity contribution in [3.05, 3.63) is 30.1 Å². The Balaban J connectivity index is 0.000000314. The van der Waals surface area contributed by atoms with E-state index in [1.165, 1.54) is 6.21 Å². The van der Waals surface area contributed by atoms with Crippen LogP contribution in [0.2, 0.25) is 0 Å². The highest BCUT2D eigenvalue weighted by Gasteiger charge is 2.46. The molecule has 2 saturated carbocycles. The Morgan fingerprint density at radius 2 is 1.81 bits per heavy atom. The largest absolute Gasteiger partial charge is 0.366 e. The number of aromatic amines is 1. The molecule has 1 aromatic rings. The second kappa shape index (κ2) is 7.09. The third kappa shape index (κ3) is 4.06. The highest BCUT2D eigenvalue weighted by atomic mass is 19.3. The molecule has 5 nitrogen and oxygen atoms in total. The highest BCUT2D eigenvalue weighted by molar-refractivity contribution is 5.83. The molecule has 2 aliphatic heterocycles. The zero-order chi connectivity index (χ0) is 19.0.